The molecular weight excluding hydrogens is 314 g/mol. The number of anilines is 1. The Kier molecular flexibility index (Phi) is 5.63. The van der Waals surface area contributed by atoms with Gasteiger partial charge in [-0.25, -0.2) is 8.78 Å². The average molecular weight is 332 g/mol. The van der Waals surface area contributed by atoms with Gasteiger partial charge in [0, 0.05) is 11.8 Å². The first-order chi connectivity index (χ1) is 11.4. The van der Waals surface area contributed by atoms with Crippen molar-refractivity contribution in [2.45, 2.75) is 19.8 Å². The van der Waals surface area contributed by atoms with Gasteiger partial charge in [0.1, 0.15) is 11.6 Å². The smallest absolute Gasteiger partial charge is 0.254 e. The number of rotatable bonds is 5. The van der Waals surface area contributed by atoms with Crippen molar-refractivity contribution < 1.29 is 18.4 Å². The lowest BCUT2D eigenvalue weighted by Gasteiger charge is -2.09. The lowest BCUT2D eigenvalue weighted by atomic mass is 10.0. The van der Waals surface area contributed by atoms with Gasteiger partial charge in [-0.1, -0.05) is 26.0 Å². The van der Waals surface area contributed by atoms with Gasteiger partial charge in [-0.2, -0.15) is 0 Å². The van der Waals surface area contributed by atoms with Crippen LogP contribution in [0.15, 0.2) is 42.5 Å². The van der Waals surface area contributed by atoms with Gasteiger partial charge in [-0.3, -0.25) is 9.59 Å². The minimum atomic E-state index is -0.975. The summed E-state index contributed by atoms with van der Waals surface area (Å²) in [5.41, 5.74) is 1.44. The van der Waals surface area contributed by atoms with Crippen molar-refractivity contribution in [3.8, 4) is 0 Å². The Morgan fingerprint density at radius 2 is 1.71 bits per heavy atom. The molecule has 0 heterocycles. The molecule has 4 nitrogen and oxygen atoms in total. The minimum absolute atomic E-state index is 0.314. The van der Waals surface area contributed by atoms with Crippen LogP contribution in [0.2, 0.25) is 0 Å². The molecule has 6 heteroatoms. The van der Waals surface area contributed by atoms with Crippen molar-refractivity contribution >= 4 is 17.5 Å². The third-order valence-corrected chi connectivity index (χ3v) is 3.45. The van der Waals surface area contributed by atoms with Crippen molar-refractivity contribution in [3.05, 3.63) is 65.2 Å². The number of nitrogens with one attached hydrogen (secondary N) is 2. The summed E-state index contributed by atoms with van der Waals surface area (Å²) in [4.78, 5) is 23.6. The quantitative estimate of drug-likeness (QED) is 0.881. The maximum Gasteiger partial charge on any atom is 0.254 e. The number of hydrogen-bond acceptors (Lipinski definition) is 2. The second kappa shape index (κ2) is 7.68. The molecule has 2 N–H and O–H groups in total. The monoisotopic (exact) mass is 332 g/mol. The second-order valence-electron chi connectivity index (χ2n) is 5.63. The normalized spacial score (nSPS) is 10.5. The molecule has 2 amide bonds. The number of carbonyl (C=O) groups excluding carboxylic acids is 2. The third-order valence-electron chi connectivity index (χ3n) is 3.45. The molecule has 2 aromatic carbocycles. The molecule has 0 aliphatic rings. The number of halogens is 2. The summed E-state index contributed by atoms with van der Waals surface area (Å²) < 4.78 is 26.3. The first-order valence-corrected chi connectivity index (χ1v) is 7.50. The molecule has 0 atom stereocenters. The summed E-state index contributed by atoms with van der Waals surface area (Å²) in [7, 11) is 0. The minimum Gasteiger partial charge on any atom is -0.343 e. The van der Waals surface area contributed by atoms with Crippen LogP contribution in [0.4, 0.5) is 14.5 Å². The van der Waals surface area contributed by atoms with E-state index in [0.717, 1.165) is 17.7 Å². The van der Waals surface area contributed by atoms with Crippen LogP contribution in [0.5, 0.6) is 0 Å². The highest BCUT2D eigenvalue weighted by molar-refractivity contribution is 5.99. The molecule has 0 aliphatic carbocycles. The molecule has 0 unspecified atom stereocenters. The Bertz CT molecular complexity index is 743. The number of amides is 2. The number of benzene rings is 2. The first kappa shape index (κ1) is 17.6. The summed E-state index contributed by atoms with van der Waals surface area (Å²) in [6, 6.07) is 9.99. The Balaban J connectivity index is 1.89. The third kappa shape index (κ3) is 4.62. The van der Waals surface area contributed by atoms with Crippen LogP contribution in [-0.4, -0.2) is 18.4 Å². The standard InChI is InChI=1S/C18H18F2N2O2/c1-11(2)12-3-6-14(7-4-12)22-17(23)10-21-18(24)15-8-5-13(19)9-16(15)20/h3-9,11H,10H2,1-2H3,(H,21,24)(H,22,23). The van der Waals surface area contributed by atoms with Gasteiger partial charge in [0.25, 0.3) is 5.91 Å². The first-order valence-electron chi connectivity index (χ1n) is 7.50. The Morgan fingerprint density at radius 1 is 1.04 bits per heavy atom. The van der Waals surface area contributed by atoms with Crippen LogP contribution in [0.1, 0.15) is 35.7 Å². The van der Waals surface area contributed by atoms with Crippen molar-refractivity contribution in [2.75, 3.05) is 11.9 Å². The van der Waals surface area contributed by atoms with Crippen LogP contribution >= 0.6 is 0 Å². The maximum atomic E-state index is 13.5. The summed E-state index contributed by atoms with van der Waals surface area (Å²) in [5.74, 6) is -2.58. The maximum absolute atomic E-state index is 13.5. The summed E-state index contributed by atoms with van der Waals surface area (Å²) in [5, 5.41) is 4.93. The highest BCUT2D eigenvalue weighted by Crippen LogP contribution is 2.17. The van der Waals surface area contributed by atoms with E-state index in [0.29, 0.717) is 17.7 Å². The van der Waals surface area contributed by atoms with Gasteiger partial charge in [-0.05, 0) is 35.7 Å². The van der Waals surface area contributed by atoms with E-state index in [1.807, 2.05) is 12.1 Å². The zero-order chi connectivity index (χ0) is 17.7. The molecule has 0 radical (unpaired) electrons. The van der Waals surface area contributed by atoms with E-state index in [-0.39, 0.29) is 12.1 Å². The molecule has 0 aromatic heterocycles. The molecule has 0 saturated heterocycles. The highest BCUT2D eigenvalue weighted by Gasteiger charge is 2.13. The highest BCUT2D eigenvalue weighted by atomic mass is 19.1. The van der Waals surface area contributed by atoms with E-state index >= 15 is 0 Å². The molecule has 126 valence electrons. The van der Waals surface area contributed by atoms with E-state index in [4.69, 9.17) is 0 Å². The Labute approximate surface area is 138 Å². The molecule has 0 saturated carbocycles. The molecule has 0 fully saturated rings. The molecule has 24 heavy (non-hydrogen) atoms. The zero-order valence-corrected chi connectivity index (χ0v) is 13.4. The van der Waals surface area contributed by atoms with Crippen LogP contribution in [0.25, 0.3) is 0 Å². The lowest BCUT2D eigenvalue weighted by Crippen LogP contribution is -2.33. The van der Waals surface area contributed by atoms with Crippen LogP contribution in [0.3, 0.4) is 0 Å². The fourth-order valence-corrected chi connectivity index (χ4v) is 2.09. The molecule has 0 spiro atoms. The van der Waals surface area contributed by atoms with Crippen LogP contribution < -0.4 is 10.6 Å². The largest absolute Gasteiger partial charge is 0.343 e. The topological polar surface area (TPSA) is 58.2 Å². The molecule has 2 aromatic rings. The predicted octanol–water partition coefficient (Wildman–Crippen LogP) is 3.46. The van der Waals surface area contributed by atoms with Crippen LogP contribution in [0, 0.1) is 11.6 Å². The van der Waals surface area contributed by atoms with E-state index < -0.39 is 23.4 Å². The van der Waals surface area contributed by atoms with E-state index in [1.165, 1.54) is 0 Å². The fraction of sp³-hybridized carbons (Fsp3) is 0.222. The number of carbonyl (C=O) groups is 2. The molecule has 0 aliphatic heterocycles. The van der Waals surface area contributed by atoms with E-state index in [9.17, 15) is 18.4 Å². The molecule has 2 rings (SSSR count). The zero-order valence-electron chi connectivity index (χ0n) is 13.4. The van der Waals surface area contributed by atoms with Gasteiger partial charge in [0.2, 0.25) is 5.91 Å². The van der Waals surface area contributed by atoms with E-state index in [1.54, 1.807) is 12.1 Å². The van der Waals surface area contributed by atoms with Crippen molar-refractivity contribution in [1.29, 1.82) is 0 Å². The fourth-order valence-electron chi connectivity index (χ4n) is 2.09. The molecule has 0 bridgehead atoms. The van der Waals surface area contributed by atoms with Gasteiger partial charge in [0.15, 0.2) is 0 Å². The number of hydrogen-bond donors (Lipinski definition) is 2. The van der Waals surface area contributed by atoms with Gasteiger partial charge < -0.3 is 10.6 Å². The summed E-state index contributed by atoms with van der Waals surface area (Å²) in [6.07, 6.45) is 0. The predicted molar refractivity (Wildman–Crippen MR) is 87.9 cm³/mol. The van der Waals surface area contributed by atoms with Gasteiger partial charge in [0.05, 0.1) is 12.1 Å². The average Bonchev–Trinajstić information content (AvgIpc) is 2.53. The van der Waals surface area contributed by atoms with Crippen molar-refractivity contribution in [3.63, 3.8) is 0 Å². The van der Waals surface area contributed by atoms with Crippen LogP contribution in [-0.2, 0) is 4.79 Å². The molecular formula is C18H18F2N2O2. The van der Waals surface area contributed by atoms with Crippen molar-refractivity contribution in [1.82, 2.24) is 5.32 Å². The Hall–Kier alpha value is -2.76. The second-order valence-corrected chi connectivity index (χ2v) is 5.63. The van der Waals surface area contributed by atoms with Crippen molar-refractivity contribution in [2.24, 2.45) is 0 Å². The lowest BCUT2D eigenvalue weighted by molar-refractivity contribution is -0.115. The van der Waals surface area contributed by atoms with Gasteiger partial charge >= 0.3 is 0 Å². The Morgan fingerprint density at radius 3 is 2.29 bits per heavy atom. The summed E-state index contributed by atoms with van der Waals surface area (Å²) in [6.45, 7) is 3.82. The van der Waals surface area contributed by atoms with E-state index in [2.05, 4.69) is 24.5 Å². The SMILES string of the molecule is CC(C)c1ccc(NC(=O)CNC(=O)c2ccc(F)cc2F)cc1. The van der Waals surface area contributed by atoms with Gasteiger partial charge in [-0.15, -0.1) is 0 Å². The summed E-state index contributed by atoms with van der Waals surface area (Å²) >= 11 is 0.